The third kappa shape index (κ3) is 5.63. The van der Waals surface area contributed by atoms with Crippen LogP contribution in [0.25, 0.3) is 16.9 Å². The number of aromatic nitrogens is 3. The molecular weight excluding hydrogens is 555 g/mol. The molecule has 4 aromatic rings. The predicted octanol–water partition coefficient (Wildman–Crippen LogP) is 4.76. The van der Waals surface area contributed by atoms with E-state index in [0.717, 1.165) is 10.6 Å². The summed E-state index contributed by atoms with van der Waals surface area (Å²) in [7, 11) is 0. The van der Waals surface area contributed by atoms with Crippen LogP contribution in [0.3, 0.4) is 0 Å². The van der Waals surface area contributed by atoms with Crippen LogP contribution in [-0.4, -0.2) is 73.9 Å². The van der Waals surface area contributed by atoms with Crippen molar-refractivity contribution in [2.75, 3.05) is 29.9 Å². The molecule has 0 radical (unpaired) electrons. The second-order valence-corrected chi connectivity index (χ2v) is 11.7. The van der Waals surface area contributed by atoms with Crippen molar-refractivity contribution in [1.29, 1.82) is 0 Å². The van der Waals surface area contributed by atoms with Crippen LogP contribution in [-0.2, 0) is 16.0 Å². The normalized spacial score (nSPS) is 17.7. The number of amides is 2. The van der Waals surface area contributed by atoms with Crippen LogP contribution in [0.4, 0.5) is 26.4 Å². The lowest BCUT2D eigenvalue weighted by Crippen LogP contribution is -2.47. The van der Waals surface area contributed by atoms with Gasteiger partial charge in [-0.3, -0.25) is 9.20 Å². The van der Waals surface area contributed by atoms with E-state index in [0.29, 0.717) is 59.2 Å². The molecule has 2 atom stereocenters. The highest BCUT2D eigenvalue weighted by atomic mass is 19.1. The van der Waals surface area contributed by atoms with E-state index < -0.39 is 29.5 Å². The van der Waals surface area contributed by atoms with Crippen LogP contribution in [0.15, 0.2) is 55.0 Å². The lowest BCUT2D eigenvalue weighted by atomic mass is 9.99. The number of benzene rings is 1. The molecule has 5 heterocycles. The van der Waals surface area contributed by atoms with Crippen molar-refractivity contribution >= 4 is 34.8 Å². The number of aliphatic hydroxyl groups is 1. The summed E-state index contributed by atoms with van der Waals surface area (Å²) in [6.45, 7) is 8.66. The fourth-order valence-electron chi connectivity index (χ4n) is 5.37. The maximum atomic E-state index is 13.8. The van der Waals surface area contributed by atoms with Crippen molar-refractivity contribution in [1.82, 2.24) is 19.3 Å². The van der Waals surface area contributed by atoms with Gasteiger partial charge >= 0.3 is 6.09 Å². The van der Waals surface area contributed by atoms with Gasteiger partial charge in [0.2, 0.25) is 0 Å². The molecule has 11 nitrogen and oxygen atoms in total. The smallest absolute Gasteiger partial charge is 0.417 e. The Labute approximate surface area is 247 Å². The van der Waals surface area contributed by atoms with Gasteiger partial charge in [-0.05, 0) is 57.5 Å². The van der Waals surface area contributed by atoms with Gasteiger partial charge < -0.3 is 24.8 Å². The maximum absolute atomic E-state index is 13.8. The quantitative estimate of drug-likeness (QED) is 0.340. The molecule has 0 aliphatic carbocycles. The first-order chi connectivity index (χ1) is 20.5. The molecule has 2 N–H and O–H groups in total. The third-order valence-electron chi connectivity index (χ3n) is 7.46. The minimum Gasteiger partial charge on any atom is -0.443 e. The van der Waals surface area contributed by atoms with Crippen LogP contribution in [0.2, 0.25) is 0 Å². The summed E-state index contributed by atoms with van der Waals surface area (Å²) in [5, 5.41) is 13.2. The van der Waals surface area contributed by atoms with Crippen LogP contribution >= 0.6 is 0 Å². The van der Waals surface area contributed by atoms with E-state index in [1.807, 2.05) is 18.2 Å². The molecule has 1 aromatic carbocycles. The first kappa shape index (κ1) is 28.6. The molecule has 12 heteroatoms. The van der Waals surface area contributed by atoms with Gasteiger partial charge in [0.15, 0.2) is 0 Å². The number of nitrogens with one attached hydrogen (secondary N) is 1. The number of morpholine rings is 1. The summed E-state index contributed by atoms with van der Waals surface area (Å²) >= 11 is 0. The number of rotatable bonds is 5. The average molecular weight is 589 g/mol. The Hall–Kier alpha value is -4.55. The minimum absolute atomic E-state index is 0.00376. The van der Waals surface area contributed by atoms with E-state index in [4.69, 9.17) is 9.47 Å². The van der Waals surface area contributed by atoms with Crippen LogP contribution in [0, 0.1) is 5.82 Å². The van der Waals surface area contributed by atoms with Gasteiger partial charge in [-0.1, -0.05) is 6.07 Å². The van der Waals surface area contributed by atoms with Crippen molar-refractivity contribution in [3.8, 4) is 11.3 Å². The van der Waals surface area contributed by atoms with E-state index in [2.05, 4.69) is 20.2 Å². The SMILES string of the molecule is C[C@H](O)C1CN(c2ccc(Nc3ccc(-c4cnc5cc(F)ccn45)c4c3C(=O)N(C(=O)OC(C)(C)C)C4)nc2)CCO1. The highest BCUT2D eigenvalue weighted by molar-refractivity contribution is 6.11. The zero-order chi connectivity index (χ0) is 30.5. The molecule has 3 aromatic heterocycles. The monoisotopic (exact) mass is 588 g/mol. The number of pyridine rings is 2. The Morgan fingerprint density at radius 2 is 2.00 bits per heavy atom. The Morgan fingerprint density at radius 1 is 1.19 bits per heavy atom. The highest BCUT2D eigenvalue weighted by Gasteiger charge is 2.39. The van der Waals surface area contributed by atoms with Gasteiger partial charge in [-0.15, -0.1) is 0 Å². The molecule has 6 rings (SSSR count). The van der Waals surface area contributed by atoms with Crippen molar-refractivity contribution < 1.29 is 28.6 Å². The van der Waals surface area contributed by atoms with E-state index in [9.17, 15) is 19.1 Å². The standard InChI is InChI=1S/C31H33FN6O5/c1-18(39)25-17-36(11-12-42-25)20-5-8-26(33-14-20)35-23-7-6-21(24-15-34-27-13-19(32)9-10-37(24)27)22-16-38(29(40)28(22)23)30(41)43-31(2,3)4/h5-10,13-15,18,25,39H,11-12,16-17H2,1-4H3,(H,33,35)/t18-,25?/m0/s1. The van der Waals surface area contributed by atoms with Crippen LogP contribution in [0.1, 0.15) is 43.6 Å². The molecule has 224 valence electrons. The molecule has 1 unspecified atom stereocenters. The summed E-state index contributed by atoms with van der Waals surface area (Å²) in [4.78, 5) is 38.9. The molecule has 2 aliphatic rings. The van der Waals surface area contributed by atoms with Crippen molar-refractivity contribution in [2.45, 2.75) is 52.0 Å². The summed E-state index contributed by atoms with van der Waals surface area (Å²) in [5.41, 5.74) is 3.27. The summed E-state index contributed by atoms with van der Waals surface area (Å²) in [6.07, 6.45) is 3.33. The molecule has 2 amide bonds. The third-order valence-corrected chi connectivity index (χ3v) is 7.46. The van der Waals surface area contributed by atoms with E-state index in [1.165, 1.54) is 12.1 Å². The number of fused-ring (bicyclic) bond motifs is 2. The summed E-state index contributed by atoms with van der Waals surface area (Å²) in [5.74, 6) is -0.397. The van der Waals surface area contributed by atoms with Crippen molar-refractivity contribution in [2.24, 2.45) is 0 Å². The number of ether oxygens (including phenoxy) is 2. The first-order valence-corrected chi connectivity index (χ1v) is 14.1. The second-order valence-electron chi connectivity index (χ2n) is 11.7. The predicted molar refractivity (Wildman–Crippen MR) is 158 cm³/mol. The van der Waals surface area contributed by atoms with Crippen molar-refractivity contribution in [3.05, 3.63) is 71.9 Å². The van der Waals surface area contributed by atoms with E-state index in [1.54, 1.807) is 56.8 Å². The second kappa shape index (κ2) is 10.9. The molecule has 2 aliphatic heterocycles. The number of imidazole rings is 1. The molecule has 43 heavy (non-hydrogen) atoms. The fourth-order valence-corrected chi connectivity index (χ4v) is 5.37. The highest BCUT2D eigenvalue weighted by Crippen LogP contribution is 2.39. The van der Waals surface area contributed by atoms with Crippen LogP contribution in [0.5, 0.6) is 0 Å². The average Bonchev–Trinajstić information content (AvgIpc) is 3.54. The fraction of sp³-hybridized carbons (Fsp3) is 0.355. The Balaban J connectivity index is 1.34. The molecule has 0 bridgehead atoms. The molecule has 1 fully saturated rings. The Morgan fingerprint density at radius 3 is 2.72 bits per heavy atom. The van der Waals surface area contributed by atoms with Crippen LogP contribution < -0.4 is 10.2 Å². The zero-order valence-electron chi connectivity index (χ0n) is 24.4. The number of hydrogen-bond acceptors (Lipinski definition) is 9. The number of nitrogens with zero attached hydrogens (tertiary/aromatic N) is 5. The number of aliphatic hydroxyl groups excluding tert-OH is 1. The largest absolute Gasteiger partial charge is 0.443 e. The van der Waals surface area contributed by atoms with Gasteiger partial charge in [0, 0.05) is 30.9 Å². The number of imide groups is 1. The minimum atomic E-state index is -0.789. The topological polar surface area (TPSA) is 122 Å². The molecular formula is C31H33FN6O5. The zero-order valence-corrected chi connectivity index (χ0v) is 24.4. The van der Waals surface area contributed by atoms with Crippen molar-refractivity contribution in [3.63, 3.8) is 0 Å². The van der Waals surface area contributed by atoms with E-state index in [-0.39, 0.29) is 12.6 Å². The number of hydrogen-bond donors (Lipinski definition) is 2. The van der Waals surface area contributed by atoms with Gasteiger partial charge in [-0.25, -0.2) is 24.1 Å². The molecule has 1 saturated heterocycles. The van der Waals surface area contributed by atoms with Gasteiger partial charge in [-0.2, -0.15) is 0 Å². The van der Waals surface area contributed by atoms with Gasteiger partial charge in [0.05, 0.1) is 54.3 Å². The van der Waals surface area contributed by atoms with E-state index >= 15 is 0 Å². The number of anilines is 3. The lowest BCUT2D eigenvalue weighted by Gasteiger charge is -2.35. The van der Waals surface area contributed by atoms with Gasteiger partial charge in [0.1, 0.15) is 29.0 Å². The van der Waals surface area contributed by atoms with Gasteiger partial charge in [0.25, 0.3) is 5.91 Å². The molecule has 0 spiro atoms. The Bertz CT molecular complexity index is 1700. The number of halogens is 1. The molecule has 0 saturated carbocycles. The summed E-state index contributed by atoms with van der Waals surface area (Å²) in [6, 6.07) is 10.0. The summed E-state index contributed by atoms with van der Waals surface area (Å²) < 4.78 is 26.8. The number of carbonyl (C=O) groups excluding carboxylic acids is 2. The number of carbonyl (C=O) groups is 2. The maximum Gasteiger partial charge on any atom is 0.417 e. The first-order valence-electron chi connectivity index (χ1n) is 14.1. The lowest BCUT2D eigenvalue weighted by molar-refractivity contribution is -0.0364. The Kier molecular flexibility index (Phi) is 7.26.